The van der Waals surface area contributed by atoms with Gasteiger partial charge in [-0.05, 0) is 34.9 Å². The number of hydrogen-bond acceptors (Lipinski definition) is 2. The van der Waals surface area contributed by atoms with Crippen molar-refractivity contribution in [3.63, 3.8) is 0 Å². The van der Waals surface area contributed by atoms with Crippen LogP contribution in [0.4, 0.5) is 13.2 Å². The molecule has 2 N–H and O–H groups in total. The first-order valence-electron chi connectivity index (χ1n) is 9.10. The molecular formula is C21H23F3IN5. The van der Waals surface area contributed by atoms with Gasteiger partial charge in [-0.3, -0.25) is 9.67 Å². The van der Waals surface area contributed by atoms with Crippen molar-refractivity contribution in [2.45, 2.75) is 25.8 Å². The van der Waals surface area contributed by atoms with E-state index in [1.807, 2.05) is 35.1 Å². The maximum Gasteiger partial charge on any atom is 0.416 e. The molecule has 0 saturated heterocycles. The number of nitrogens with zero attached hydrogens (tertiary/aromatic N) is 3. The molecule has 9 heteroatoms. The number of halogens is 4. The average Bonchev–Trinajstić information content (AvgIpc) is 3.21. The predicted octanol–water partition coefficient (Wildman–Crippen LogP) is 4.43. The van der Waals surface area contributed by atoms with E-state index in [-0.39, 0.29) is 24.0 Å². The van der Waals surface area contributed by atoms with Crippen LogP contribution in [0.3, 0.4) is 0 Å². The topological polar surface area (TPSA) is 54.2 Å². The molecule has 0 fully saturated rings. The van der Waals surface area contributed by atoms with Crippen LogP contribution < -0.4 is 10.6 Å². The molecule has 0 saturated carbocycles. The second-order valence-electron chi connectivity index (χ2n) is 6.50. The molecule has 1 aromatic heterocycles. The van der Waals surface area contributed by atoms with Gasteiger partial charge in [-0.2, -0.15) is 18.3 Å². The van der Waals surface area contributed by atoms with Crippen molar-refractivity contribution in [3.8, 4) is 0 Å². The first-order valence-corrected chi connectivity index (χ1v) is 9.10. The molecule has 0 atom stereocenters. The van der Waals surface area contributed by atoms with E-state index < -0.39 is 11.7 Å². The van der Waals surface area contributed by atoms with Crippen molar-refractivity contribution in [3.05, 3.63) is 89.2 Å². The second kappa shape index (κ2) is 11.0. The third-order valence-corrected chi connectivity index (χ3v) is 4.32. The molecule has 0 radical (unpaired) electrons. The standard InChI is InChI=1S/C21H22F3N5.HI/c1-25-20(26-13-16-6-8-19(9-7-16)21(22,23)24)27-14-17-4-2-5-18(12-17)15-29-11-3-10-28-29;/h2-12H,13-15H2,1H3,(H2,25,26,27);1H. The van der Waals surface area contributed by atoms with Gasteiger partial charge in [0, 0.05) is 32.5 Å². The van der Waals surface area contributed by atoms with Crippen LogP contribution in [0.5, 0.6) is 0 Å². The molecular weight excluding hydrogens is 506 g/mol. The zero-order valence-corrected chi connectivity index (χ0v) is 18.7. The number of alkyl halides is 3. The Hall–Kier alpha value is -2.56. The van der Waals surface area contributed by atoms with Gasteiger partial charge in [-0.15, -0.1) is 24.0 Å². The fourth-order valence-corrected chi connectivity index (χ4v) is 2.82. The third kappa shape index (κ3) is 7.05. The Morgan fingerprint density at radius 1 is 0.967 bits per heavy atom. The molecule has 0 aliphatic heterocycles. The Bertz CT molecular complexity index is 938. The fraction of sp³-hybridized carbons (Fsp3) is 0.238. The van der Waals surface area contributed by atoms with Gasteiger partial charge in [0.1, 0.15) is 0 Å². The molecule has 160 valence electrons. The number of aromatic nitrogens is 2. The minimum absolute atomic E-state index is 0. The summed E-state index contributed by atoms with van der Waals surface area (Å²) in [5.41, 5.74) is 2.31. The SMILES string of the molecule is CN=C(NCc1ccc(C(F)(F)F)cc1)NCc1cccc(Cn2cccn2)c1.I. The molecule has 30 heavy (non-hydrogen) atoms. The molecule has 0 bridgehead atoms. The summed E-state index contributed by atoms with van der Waals surface area (Å²) in [5, 5.41) is 10.5. The lowest BCUT2D eigenvalue weighted by molar-refractivity contribution is -0.137. The third-order valence-electron chi connectivity index (χ3n) is 4.32. The van der Waals surface area contributed by atoms with Gasteiger partial charge in [-0.1, -0.05) is 36.4 Å². The predicted molar refractivity (Wildman–Crippen MR) is 122 cm³/mol. The first-order chi connectivity index (χ1) is 13.9. The van der Waals surface area contributed by atoms with Crippen LogP contribution in [0.2, 0.25) is 0 Å². The van der Waals surface area contributed by atoms with Gasteiger partial charge in [-0.25, -0.2) is 0 Å². The van der Waals surface area contributed by atoms with Gasteiger partial charge in [0.25, 0.3) is 0 Å². The monoisotopic (exact) mass is 529 g/mol. The van der Waals surface area contributed by atoms with Crippen LogP contribution in [0, 0.1) is 0 Å². The molecule has 2 aromatic carbocycles. The summed E-state index contributed by atoms with van der Waals surface area (Å²) in [7, 11) is 1.65. The fourth-order valence-electron chi connectivity index (χ4n) is 2.82. The van der Waals surface area contributed by atoms with Crippen LogP contribution in [-0.2, 0) is 25.8 Å². The van der Waals surface area contributed by atoms with E-state index >= 15 is 0 Å². The van der Waals surface area contributed by atoms with E-state index in [1.54, 1.807) is 13.2 Å². The van der Waals surface area contributed by atoms with Crippen LogP contribution in [-0.4, -0.2) is 22.8 Å². The van der Waals surface area contributed by atoms with Gasteiger partial charge in [0.05, 0.1) is 12.1 Å². The zero-order chi connectivity index (χ0) is 20.7. The molecule has 0 spiro atoms. The maximum atomic E-state index is 12.6. The molecule has 1 heterocycles. The number of hydrogen-bond donors (Lipinski definition) is 2. The summed E-state index contributed by atoms with van der Waals surface area (Å²) in [4.78, 5) is 4.16. The summed E-state index contributed by atoms with van der Waals surface area (Å²) in [6, 6.07) is 15.1. The van der Waals surface area contributed by atoms with Crippen molar-refractivity contribution >= 4 is 29.9 Å². The van der Waals surface area contributed by atoms with Gasteiger partial charge >= 0.3 is 6.18 Å². The smallest absolute Gasteiger partial charge is 0.352 e. The lowest BCUT2D eigenvalue weighted by Gasteiger charge is -2.13. The highest BCUT2D eigenvalue weighted by Gasteiger charge is 2.29. The lowest BCUT2D eigenvalue weighted by atomic mass is 10.1. The molecule has 0 amide bonds. The van der Waals surface area contributed by atoms with Crippen molar-refractivity contribution in [1.29, 1.82) is 0 Å². The molecule has 5 nitrogen and oxygen atoms in total. The van der Waals surface area contributed by atoms with Gasteiger partial charge < -0.3 is 10.6 Å². The molecule has 0 aliphatic rings. The Labute approximate surface area is 190 Å². The second-order valence-corrected chi connectivity index (χ2v) is 6.50. The van der Waals surface area contributed by atoms with Gasteiger partial charge in [0.2, 0.25) is 0 Å². The first kappa shape index (κ1) is 23.7. The maximum absolute atomic E-state index is 12.6. The van der Waals surface area contributed by atoms with Crippen LogP contribution in [0.1, 0.15) is 22.3 Å². The largest absolute Gasteiger partial charge is 0.416 e. The molecule has 0 aliphatic carbocycles. The number of guanidine groups is 1. The summed E-state index contributed by atoms with van der Waals surface area (Å²) < 4.78 is 39.8. The van der Waals surface area contributed by atoms with E-state index in [0.717, 1.165) is 28.8 Å². The molecule has 0 unspecified atom stereocenters. The van der Waals surface area contributed by atoms with Crippen molar-refractivity contribution in [2.24, 2.45) is 4.99 Å². The number of aliphatic imine (C=N–C) groups is 1. The lowest BCUT2D eigenvalue weighted by Crippen LogP contribution is -2.36. The van der Waals surface area contributed by atoms with Crippen LogP contribution >= 0.6 is 24.0 Å². The Balaban J connectivity index is 0.00000320. The Kier molecular flexibility index (Phi) is 8.70. The van der Waals surface area contributed by atoms with Crippen molar-refractivity contribution in [2.75, 3.05) is 7.05 Å². The Morgan fingerprint density at radius 3 is 2.23 bits per heavy atom. The normalized spacial score (nSPS) is 11.7. The minimum Gasteiger partial charge on any atom is -0.352 e. The highest BCUT2D eigenvalue weighted by atomic mass is 127. The van der Waals surface area contributed by atoms with E-state index in [4.69, 9.17) is 0 Å². The van der Waals surface area contributed by atoms with Gasteiger partial charge in [0.15, 0.2) is 5.96 Å². The zero-order valence-electron chi connectivity index (χ0n) is 16.4. The molecule has 3 rings (SSSR count). The number of nitrogens with one attached hydrogen (secondary N) is 2. The molecule has 3 aromatic rings. The highest BCUT2D eigenvalue weighted by Crippen LogP contribution is 2.29. The van der Waals surface area contributed by atoms with E-state index in [9.17, 15) is 13.2 Å². The van der Waals surface area contributed by atoms with Crippen molar-refractivity contribution in [1.82, 2.24) is 20.4 Å². The van der Waals surface area contributed by atoms with Crippen molar-refractivity contribution < 1.29 is 13.2 Å². The summed E-state index contributed by atoms with van der Waals surface area (Å²) >= 11 is 0. The summed E-state index contributed by atoms with van der Waals surface area (Å²) in [5.74, 6) is 0.572. The number of benzene rings is 2. The van der Waals surface area contributed by atoms with Crippen LogP contribution in [0.25, 0.3) is 0 Å². The van der Waals surface area contributed by atoms with E-state index in [1.165, 1.54) is 12.1 Å². The Morgan fingerprint density at radius 2 is 1.63 bits per heavy atom. The summed E-state index contributed by atoms with van der Waals surface area (Å²) in [6.07, 6.45) is -0.662. The van der Waals surface area contributed by atoms with Crippen LogP contribution in [0.15, 0.2) is 72.0 Å². The average molecular weight is 529 g/mol. The summed E-state index contributed by atoms with van der Waals surface area (Å²) in [6.45, 7) is 1.64. The van der Waals surface area contributed by atoms with E-state index in [0.29, 0.717) is 25.6 Å². The quantitative estimate of drug-likeness (QED) is 0.282. The number of rotatable bonds is 6. The van der Waals surface area contributed by atoms with E-state index in [2.05, 4.69) is 26.8 Å². The highest BCUT2D eigenvalue weighted by molar-refractivity contribution is 14.0. The minimum atomic E-state index is -4.32.